The van der Waals surface area contributed by atoms with Gasteiger partial charge in [-0.1, -0.05) is 5.11 Å². The number of nitrogens with one attached hydrogen (secondary N) is 1. The van der Waals surface area contributed by atoms with E-state index in [0.717, 1.165) is 5.69 Å². The first-order valence-electron chi connectivity index (χ1n) is 11.0. The zero-order chi connectivity index (χ0) is 25.4. The minimum absolute atomic E-state index is 0.134. The minimum Gasteiger partial charge on any atom is -0.379 e. The number of sulfonamides is 1. The van der Waals surface area contributed by atoms with E-state index in [1.54, 1.807) is 12.1 Å². The molecule has 0 heterocycles. The van der Waals surface area contributed by atoms with Crippen molar-refractivity contribution in [2.45, 2.75) is 4.90 Å². The fourth-order valence-electron chi connectivity index (χ4n) is 2.65. The Balaban J connectivity index is 1.64. The van der Waals surface area contributed by atoms with Crippen LogP contribution in [0.15, 0.2) is 68.8 Å². The van der Waals surface area contributed by atoms with Crippen molar-refractivity contribution in [2.75, 3.05) is 71.7 Å². The zero-order valence-electron chi connectivity index (χ0n) is 19.9. The zero-order valence-corrected chi connectivity index (χ0v) is 20.7. The summed E-state index contributed by atoms with van der Waals surface area (Å²) in [4.78, 5) is 4.75. The number of hydrogen-bond acceptors (Lipinski definition) is 9. The molecule has 0 fully saturated rings. The molecular formula is C22H31N7O5S. The van der Waals surface area contributed by atoms with Gasteiger partial charge in [-0.05, 0) is 54.1 Å². The van der Waals surface area contributed by atoms with Gasteiger partial charge in [0.25, 0.3) is 0 Å². The molecule has 2 aromatic rings. The molecule has 0 saturated carbocycles. The quantitative estimate of drug-likeness (QED) is 0.149. The molecule has 13 heteroatoms. The summed E-state index contributed by atoms with van der Waals surface area (Å²) in [5, 5.41) is 11.7. The molecule has 1 N–H and O–H groups in total. The maximum Gasteiger partial charge on any atom is 0.240 e. The smallest absolute Gasteiger partial charge is 0.240 e. The molecule has 0 amide bonds. The monoisotopic (exact) mass is 505 g/mol. The minimum atomic E-state index is -3.66. The van der Waals surface area contributed by atoms with Crippen LogP contribution in [0.25, 0.3) is 10.4 Å². The highest BCUT2D eigenvalue weighted by atomic mass is 32.2. The Bertz CT molecular complexity index is 1050. The van der Waals surface area contributed by atoms with Crippen molar-refractivity contribution < 1.29 is 22.6 Å². The normalized spacial score (nSPS) is 11.5. The summed E-state index contributed by atoms with van der Waals surface area (Å²) in [6.07, 6.45) is 0. The summed E-state index contributed by atoms with van der Waals surface area (Å²) in [5.41, 5.74) is 10.4. The van der Waals surface area contributed by atoms with Crippen molar-refractivity contribution in [2.24, 2.45) is 15.3 Å². The van der Waals surface area contributed by atoms with E-state index in [1.807, 2.05) is 43.3 Å². The standard InChI is InChI=1S/C22H31N7O5S/c1-29(2)21-7-3-19(4-8-21)26-27-20-5-9-22(10-6-20)35(30,31)25-12-14-33-16-18-34-17-15-32-13-11-24-28-23/h3-10,25H,11-18H2,1-2H3/b27-26+. The summed E-state index contributed by atoms with van der Waals surface area (Å²) >= 11 is 0. The molecule has 0 bridgehead atoms. The molecule has 0 aliphatic rings. The topological polar surface area (TPSA) is 151 Å². The summed E-state index contributed by atoms with van der Waals surface area (Å²) in [5.74, 6) is 0. The van der Waals surface area contributed by atoms with Crippen molar-refractivity contribution in [3.63, 3.8) is 0 Å². The molecule has 0 aromatic heterocycles. The molecule has 0 aliphatic heterocycles. The average Bonchev–Trinajstić information content (AvgIpc) is 2.86. The predicted molar refractivity (Wildman–Crippen MR) is 133 cm³/mol. The van der Waals surface area contributed by atoms with E-state index in [9.17, 15) is 8.42 Å². The molecular weight excluding hydrogens is 474 g/mol. The average molecular weight is 506 g/mol. The van der Waals surface area contributed by atoms with Crippen LogP contribution in [0.1, 0.15) is 0 Å². The lowest BCUT2D eigenvalue weighted by molar-refractivity contribution is 0.0171. The number of ether oxygens (including phenoxy) is 3. The highest BCUT2D eigenvalue weighted by molar-refractivity contribution is 7.89. The lowest BCUT2D eigenvalue weighted by Gasteiger charge is -2.11. The van der Waals surface area contributed by atoms with Crippen LogP contribution in [0.3, 0.4) is 0 Å². The van der Waals surface area contributed by atoms with Gasteiger partial charge in [-0.25, -0.2) is 13.1 Å². The Morgan fingerprint density at radius 2 is 1.34 bits per heavy atom. The van der Waals surface area contributed by atoms with Crippen LogP contribution in [0.4, 0.5) is 17.1 Å². The summed E-state index contributed by atoms with van der Waals surface area (Å²) in [7, 11) is 0.265. The van der Waals surface area contributed by atoms with Gasteiger partial charge in [0.2, 0.25) is 10.0 Å². The molecule has 35 heavy (non-hydrogen) atoms. The number of nitrogens with zero attached hydrogens (tertiary/aromatic N) is 6. The molecule has 190 valence electrons. The molecule has 2 rings (SSSR count). The highest BCUT2D eigenvalue weighted by Crippen LogP contribution is 2.22. The number of hydrogen-bond donors (Lipinski definition) is 1. The first-order chi connectivity index (χ1) is 16.9. The SMILES string of the molecule is CN(C)c1ccc(/N=N/c2ccc(S(=O)(=O)NCCOCCOCCOCCN=[N+]=[N-])cc2)cc1. The van der Waals surface area contributed by atoms with Gasteiger partial charge in [0.1, 0.15) is 0 Å². The van der Waals surface area contributed by atoms with Gasteiger partial charge in [-0.15, -0.1) is 0 Å². The molecule has 0 saturated heterocycles. The van der Waals surface area contributed by atoms with Crippen molar-refractivity contribution in [3.8, 4) is 0 Å². The lowest BCUT2D eigenvalue weighted by Crippen LogP contribution is -2.27. The first-order valence-corrected chi connectivity index (χ1v) is 12.4. The number of rotatable bonds is 17. The second-order valence-corrected chi connectivity index (χ2v) is 9.06. The maximum absolute atomic E-state index is 12.4. The highest BCUT2D eigenvalue weighted by Gasteiger charge is 2.13. The van der Waals surface area contributed by atoms with E-state index < -0.39 is 10.0 Å². The molecule has 12 nitrogen and oxygen atoms in total. The van der Waals surface area contributed by atoms with E-state index in [-0.39, 0.29) is 24.6 Å². The summed E-state index contributed by atoms with van der Waals surface area (Å²) in [6.45, 7) is 2.47. The van der Waals surface area contributed by atoms with Crippen LogP contribution in [0.5, 0.6) is 0 Å². The maximum atomic E-state index is 12.4. The third kappa shape index (κ3) is 11.3. The second kappa shape index (κ2) is 15.8. The number of azide groups is 1. The van der Waals surface area contributed by atoms with Crippen molar-refractivity contribution in [1.29, 1.82) is 0 Å². The van der Waals surface area contributed by atoms with Crippen molar-refractivity contribution in [3.05, 3.63) is 59.0 Å². The lowest BCUT2D eigenvalue weighted by atomic mass is 10.3. The van der Waals surface area contributed by atoms with E-state index in [2.05, 4.69) is 25.0 Å². The molecule has 0 unspecified atom stereocenters. The third-order valence-corrected chi connectivity index (χ3v) is 5.95. The molecule has 2 aromatic carbocycles. The Morgan fingerprint density at radius 3 is 1.89 bits per heavy atom. The van der Waals surface area contributed by atoms with Crippen LogP contribution in [-0.2, 0) is 24.2 Å². The van der Waals surface area contributed by atoms with Gasteiger partial charge < -0.3 is 19.1 Å². The largest absolute Gasteiger partial charge is 0.379 e. The Hall–Kier alpha value is -3.06. The Labute approximate surface area is 205 Å². The summed E-state index contributed by atoms with van der Waals surface area (Å²) in [6, 6.07) is 13.8. The van der Waals surface area contributed by atoms with Gasteiger partial charge in [0, 0.05) is 37.8 Å². The van der Waals surface area contributed by atoms with Gasteiger partial charge in [0.05, 0.1) is 55.9 Å². The molecule has 0 atom stereocenters. The number of azo groups is 1. The van der Waals surface area contributed by atoms with Crippen LogP contribution < -0.4 is 9.62 Å². The van der Waals surface area contributed by atoms with E-state index >= 15 is 0 Å². The molecule has 0 aliphatic carbocycles. The fourth-order valence-corrected chi connectivity index (χ4v) is 3.66. The number of anilines is 1. The van der Waals surface area contributed by atoms with Gasteiger partial charge in [-0.3, -0.25) is 0 Å². The van der Waals surface area contributed by atoms with Crippen LogP contribution in [0.2, 0.25) is 0 Å². The van der Waals surface area contributed by atoms with Crippen LogP contribution in [0, 0.1) is 0 Å². The predicted octanol–water partition coefficient (Wildman–Crippen LogP) is 3.81. The number of benzene rings is 2. The second-order valence-electron chi connectivity index (χ2n) is 7.29. The van der Waals surface area contributed by atoms with Crippen molar-refractivity contribution >= 4 is 27.1 Å². The Morgan fingerprint density at radius 1 is 0.829 bits per heavy atom. The first kappa shape index (κ1) is 28.2. The summed E-state index contributed by atoms with van der Waals surface area (Å²) < 4.78 is 43.2. The van der Waals surface area contributed by atoms with Gasteiger partial charge in [-0.2, -0.15) is 10.2 Å². The van der Waals surface area contributed by atoms with Gasteiger partial charge >= 0.3 is 0 Å². The van der Waals surface area contributed by atoms with Crippen molar-refractivity contribution in [1.82, 2.24) is 4.72 Å². The van der Waals surface area contributed by atoms with Crippen LogP contribution in [-0.4, -0.2) is 75.2 Å². The van der Waals surface area contributed by atoms with Gasteiger partial charge in [0.15, 0.2) is 0 Å². The van der Waals surface area contributed by atoms with Crippen LogP contribution >= 0.6 is 0 Å². The molecule has 0 spiro atoms. The Kier molecular flexibility index (Phi) is 12.7. The van der Waals surface area contributed by atoms with E-state index in [0.29, 0.717) is 44.4 Å². The third-order valence-electron chi connectivity index (χ3n) is 4.48. The fraction of sp³-hybridized carbons (Fsp3) is 0.455. The molecule has 0 radical (unpaired) electrons. The van der Waals surface area contributed by atoms with E-state index in [1.165, 1.54) is 12.1 Å². The van der Waals surface area contributed by atoms with E-state index in [4.69, 9.17) is 19.7 Å².